The van der Waals surface area contributed by atoms with E-state index in [1.54, 1.807) is 24.0 Å². The summed E-state index contributed by atoms with van der Waals surface area (Å²) in [7, 11) is 0. The first-order valence-electron chi connectivity index (χ1n) is 8.78. The summed E-state index contributed by atoms with van der Waals surface area (Å²) in [6, 6.07) is 8.60. The standard InChI is InChI=1S/C19H25N3O3/c1-13-9-14(2)11-21(10-13)16(23)12-22-17(24)19(3,20-18(22)25)15-7-5-4-6-8-15/h4-8,13-14H,9-12H2,1-3H3,(H,20,25)/t13-,14-,19+/m0/s1. The average Bonchev–Trinajstić information content (AvgIpc) is 2.79. The van der Waals surface area contributed by atoms with Crippen molar-refractivity contribution < 1.29 is 14.4 Å². The van der Waals surface area contributed by atoms with Crippen LogP contribution in [-0.2, 0) is 15.1 Å². The van der Waals surface area contributed by atoms with Crippen molar-refractivity contribution >= 4 is 17.8 Å². The Morgan fingerprint density at radius 2 is 1.76 bits per heavy atom. The molecule has 2 aliphatic heterocycles. The summed E-state index contributed by atoms with van der Waals surface area (Å²) in [5.74, 6) is 0.324. The van der Waals surface area contributed by atoms with Gasteiger partial charge in [-0.05, 0) is 30.7 Å². The van der Waals surface area contributed by atoms with Crippen LogP contribution < -0.4 is 5.32 Å². The van der Waals surface area contributed by atoms with Gasteiger partial charge in [-0.3, -0.25) is 14.5 Å². The van der Waals surface area contributed by atoms with Gasteiger partial charge in [-0.15, -0.1) is 0 Å². The van der Waals surface area contributed by atoms with Crippen molar-refractivity contribution in [1.29, 1.82) is 0 Å². The molecule has 0 saturated carbocycles. The lowest BCUT2D eigenvalue weighted by Crippen LogP contribution is -2.48. The number of benzene rings is 1. The van der Waals surface area contributed by atoms with Gasteiger partial charge in [0.25, 0.3) is 5.91 Å². The molecule has 0 aliphatic carbocycles. The molecule has 0 unspecified atom stereocenters. The van der Waals surface area contributed by atoms with Gasteiger partial charge in [0.15, 0.2) is 0 Å². The van der Waals surface area contributed by atoms with Crippen LogP contribution in [0.15, 0.2) is 30.3 Å². The fraction of sp³-hybridized carbons (Fsp3) is 0.526. The summed E-state index contributed by atoms with van der Waals surface area (Å²) in [5, 5.41) is 2.74. The molecule has 2 heterocycles. The van der Waals surface area contributed by atoms with Crippen molar-refractivity contribution in [2.75, 3.05) is 19.6 Å². The predicted molar refractivity (Wildman–Crippen MR) is 93.6 cm³/mol. The fourth-order valence-electron chi connectivity index (χ4n) is 3.91. The van der Waals surface area contributed by atoms with Gasteiger partial charge in [0.2, 0.25) is 5.91 Å². The lowest BCUT2D eigenvalue weighted by Gasteiger charge is -2.35. The molecule has 4 amide bonds. The van der Waals surface area contributed by atoms with E-state index in [1.165, 1.54) is 0 Å². The summed E-state index contributed by atoms with van der Waals surface area (Å²) < 4.78 is 0. The maximum atomic E-state index is 12.9. The van der Waals surface area contributed by atoms with Crippen molar-refractivity contribution in [2.45, 2.75) is 32.7 Å². The monoisotopic (exact) mass is 343 g/mol. The highest BCUT2D eigenvalue weighted by atomic mass is 16.2. The predicted octanol–water partition coefficient (Wildman–Crippen LogP) is 1.96. The first-order valence-corrected chi connectivity index (χ1v) is 8.78. The van der Waals surface area contributed by atoms with Crippen molar-refractivity contribution in [3.8, 4) is 0 Å². The molecule has 1 N–H and O–H groups in total. The highest BCUT2D eigenvalue weighted by molar-refractivity contribution is 6.09. The number of likely N-dealkylation sites (tertiary alicyclic amines) is 1. The van der Waals surface area contributed by atoms with E-state index >= 15 is 0 Å². The number of urea groups is 1. The first-order chi connectivity index (χ1) is 11.8. The normalized spacial score (nSPS) is 29.7. The van der Waals surface area contributed by atoms with Crippen LogP contribution in [0.2, 0.25) is 0 Å². The van der Waals surface area contributed by atoms with Gasteiger partial charge in [-0.25, -0.2) is 4.79 Å². The number of nitrogens with zero attached hydrogens (tertiary/aromatic N) is 2. The second kappa shape index (κ2) is 6.50. The molecule has 134 valence electrons. The number of rotatable bonds is 3. The Morgan fingerprint density at radius 3 is 2.36 bits per heavy atom. The topological polar surface area (TPSA) is 69.7 Å². The molecule has 1 aromatic carbocycles. The quantitative estimate of drug-likeness (QED) is 0.853. The van der Waals surface area contributed by atoms with E-state index in [-0.39, 0.29) is 18.4 Å². The number of piperidine rings is 1. The molecule has 0 aromatic heterocycles. The molecule has 0 radical (unpaired) electrons. The molecular weight excluding hydrogens is 318 g/mol. The molecule has 0 bridgehead atoms. The fourth-order valence-corrected chi connectivity index (χ4v) is 3.91. The molecule has 0 spiro atoms. The van der Waals surface area contributed by atoms with E-state index in [1.807, 2.05) is 18.2 Å². The molecule has 2 saturated heterocycles. The highest BCUT2D eigenvalue weighted by Gasteiger charge is 2.49. The van der Waals surface area contributed by atoms with Crippen LogP contribution in [0.4, 0.5) is 4.79 Å². The van der Waals surface area contributed by atoms with Gasteiger partial charge >= 0.3 is 6.03 Å². The van der Waals surface area contributed by atoms with E-state index in [9.17, 15) is 14.4 Å². The van der Waals surface area contributed by atoms with Crippen LogP contribution >= 0.6 is 0 Å². The second-order valence-corrected chi connectivity index (χ2v) is 7.56. The van der Waals surface area contributed by atoms with Gasteiger partial charge in [-0.1, -0.05) is 44.2 Å². The first kappa shape index (κ1) is 17.5. The number of amides is 4. The molecule has 1 aromatic rings. The van der Waals surface area contributed by atoms with Gasteiger partial charge < -0.3 is 10.2 Å². The molecule has 6 heteroatoms. The number of imide groups is 1. The summed E-state index contributed by atoms with van der Waals surface area (Å²) in [6.07, 6.45) is 1.10. The van der Waals surface area contributed by atoms with Crippen LogP contribution in [0.1, 0.15) is 32.8 Å². The van der Waals surface area contributed by atoms with Crippen molar-refractivity contribution in [1.82, 2.24) is 15.1 Å². The third-order valence-corrected chi connectivity index (χ3v) is 5.14. The Labute approximate surface area is 148 Å². The Balaban J connectivity index is 1.74. The number of hydrogen-bond donors (Lipinski definition) is 1. The van der Waals surface area contributed by atoms with Crippen molar-refractivity contribution in [2.24, 2.45) is 11.8 Å². The average molecular weight is 343 g/mol. The number of carbonyl (C=O) groups is 3. The summed E-state index contributed by atoms with van der Waals surface area (Å²) in [6.45, 7) is 7.09. The Bertz CT molecular complexity index is 680. The number of nitrogens with one attached hydrogen (secondary N) is 1. The molecule has 2 fully saturated rings. The van der Waals surface area contributed by atoms with Crippen LogP contribution in [-0.4, -0.2) is 47.3 Å². The summed E-state index contributed by atoms with van der Waals surface area (Å²) in [4.78, 5) is 40.7. The zero-order valence-corrected chi connectivity index (χ0v) is 15.0. The molecule has 25 heavy (non-hydrogen) atoms. The smallest absolute Gasteiger partial charge is 0.325 e. The zero-order chi connectivity index (χ0) is 18.2. The minimum atomic E-state index is -1.12. The van der Waals surface area contributed by atoms with E-state index < -0.39 is 11.6 Å². The second-order valence-electron chi connectivity index (χ2n) is 7.56. The molecule has 3 atom stereocenters. The van der Waals surface area contributed by atoms with Crippen LogP contribution in [0.5, 0.6) is 0 Å². The van der Waals surface area contributed by atoms with Crippen LogP contribution in [0.3, 0.4) is 0 Å². The van der Waals surface area contributed by atoms with E-state index in [0.29, 0.717) is 30.5 Å². The highest BCUT2D eigenvalue weighted by Crippen LogP contribution is 2.29. The van der Waals surface area contributed by atoms with Gasteiger partial charge in [0.05, 0.1) is 0 Å². The third-order valence-electron chi connectivity index (χ3n) is 5.14. The van der Waals surface area contributed by atoms with Gasteiger partial charge in [0.1, 0.15) is 12.1 Å². The maximum Gasteiger partial charge on any atom is 0.325 e. The van der Waals surface area contributed by atoms with Gasteiger partial charge in [0, 0.05) is 13.1 Å². The largest absolute Gasteiger partial charge is 0.341 e. The molecule has 6 nitrogen and oxygen atoms in total. The number of hydrogen-bond acceptors (Lipinski definition) is 3. The summed E-state index contributed by atoms with van der Waals surface area (Å²) >= 11 is 0. The third kappa shape index (κ3) is 3.25. The Morgan fingerprint density at radius 1 is 1.16 bits per heavy atom. The Kier molecular flexibility index (Phi) is 4.54. The lowest BCUT2D eigenvalue weighted by atomic mass is 9.91. The van der Waals surface area contributed by atoms with E-state index in [4.69, 9.17) is 0 Å². The van der Waals surface area contributed by atoms with E-state index in [0.717, 1.165) is 11.3 Å². The minimum Gasteiger partial charge on any atom is -0.341 e. The Hall–Kier alpha value is -2.37. The zero-order valence-electron chi connectivity index (χ0n) is 15.0. The lowest BCUT2D eigenvalue weighted by molar-refractivity contribution is -0.140. The van der Waals surface area contributed by atoms with Crippen molar-refractivity contribution in [3.63, 3.8) is 0 Å². The van der Waals surface area contributed by atoms with Gasteiger partial charge in [-0.2, -0.15) is 0 Å². The SMILES string of the molecule is C[C@H]1C[C@H](C)CN(C(=O)CN2C(=O)N[C@](C)(c3ccccc3)C2=O)C1. The van der Waals surface area contributed by atoms with Crippen molar-refractivity contribution in [3.05, 3.63) is 35.9 Å². The number of carbonyl (C=O) groups excluding carboxylic acids is 3. The van der Waals surface area contributed by atoms with E-state index in [2.05, 4.69) is 19.2 Å². The summed E-state index contributed by atoms with van der Waals surface area (Å²) in [5.41, 5.74) is -0.412. The molecule has 3 rings (SSSR count). The molecular formula is C19H25N3O3. The van der Waals surface area contributed by atoms with Crippen LogP contribution in [0.25, 0.3) is 0 Å². The molecule has 2 aliphatic rings. The maximum absolute atomic E-state index is 12.9. The van der Waals surface area contributed by atoms with Crippen LogP contribution in [0, 0.1) is 11.8 Å². The minimum absolute atomic E-state index is 0.167.